The highest BCUT2D eigenvalue weighted by Crippen LogP contribution is 2.17. The lowest BCUT2D eigenvalue weighted by atomic mass is 10.1. The zero-order chi connectivity index (χ0) is 14.6. The van der Waals surface area contributed by atoms with Crippen LogP contribution in [0.4, 0.5) is 4.39 Å². The Morgan fingerprint density at radius 3 is 2.50 bits per heavy atom. The first-order chi connectivity index (χ1) is 9.44. The van der Waals surface area contributed by atoms with Crippen molar-refractivity contribution >= 4 is 8.07 Å². The first-order valence-corrected chi connectivity index (χ1v) is 10.5. The van der Waals surface area contributed by atoms with Crippen molar-refractivity contribution in [1.29, 1.82) is 0 Å². The number of aromatic nitrogens is 2. The average molecular weight is 292 g/mol. The van der Waals surface area contributed by atoms with E-state index < -0.39 is 8.07 Å². The number of hydrogen-bond donors (Lipinski definition) is 0. The molecule has 0 saturated carbocycles. The second-order valence-corrected chi connectivity index (χ2v) is 11.7. The highest BCUT2D eigenvalue weighted by Gasteiger charge is 2.12. The Morgan fingerprint density at radius 1 is 1.15 bits per heavy atom. The number of ether oxygens (including phenoxy) is 1. The molecule has 0 atom stereocenters. The summed E-state index contributed by atoms with van der Waals surface area (Å²) in [6.07, 6.45) is 1.88. The topological polar surface area (TPSA) is 27.1 Å². The van der Waals surface area contributed by atoms with Gasteiger partial charge in [0.05, 0.1) is 5.69 Å². The molecular weight excluding hydrogens is 271 g/mol. The third-order valence-electron chi connectivity index (χ3n) is 3.00. The Bertz CT molecular complexity index is 546. The molecule has 0 bridgehead atoms. The summed E-state index contributed by atoms with van der Waals surface area (Å²) in [5.41, 5.74) is 1.74. The number of halogens is 1. The molecule has 108 valence electrons. The van der Waals surface area contributed by atoms with E-state index in [1.54, 1.807) is 16.8 Å². The Balaban J connectivity index is 1.88. The first-order valence-electron chi connectivity index (χ1n) is 6.81. The van der Waals surface area contributed by atoms with Crippen LogP contribution >= 0.6 is 0 Å². The largest absolute Gasteiger partial charge is 0.360 e. The molecule has 20 heavy (non-hydrogen) atoms. The molecule has 5 heteroatoms. The summed E-state index contributed by atoms with van der Waals surface area (Å²) < 4.78 is 20.3. The van der Waals surface area contributed by atoms with Gasteiger partial charge in [-0.25, -0.2) is 9.07 Å². The molecule has 2 aromatic rings. The number of rotatable bonds is 6. The summed E-state index contributed by atoms with van der Waals surface area (Å²) in [4.78, 5) is 0. The predicted molar refractivity (Wildman–Crippen MR) is 81.7 cm³/mol. The van der Waals surface area contributed by atoms with E-state index in [1.165, 1.54) is 12.1 Å². The minimum absolute atomic E-state index is 0.233. The van der Waals surface area contributed by atoms with Crippen molar-refractivity contribution in [3.05, 3.63) is 42.3 Å². The van der Waals surface area contributed by atoms with E-state index in [-0.39, 0.29) is 5.82 Å². The van der Waals surface area contributed by atoms with E-state index in [9.17, 15) is 4.39 Å². The lowest BCUT2D eigenvalue weighted by Gasteiger charge is -2.15. The van der Waals surface area contributed by atoms with Crippen molar-refractivity contribution in [1.82, 2.24) is 9.78 Å². The molecule has 0 aliphatic heterocycles. The van der Waals surface area contributed by atoms with Crippen molar-refractivity contribution in [3.8, 4) is 11.3 Å². The van der Waals surface area contributed by atoms with Gasteiger partial charge in [-0.15, -0.1) is 0 Å². The molecule has 0 aliphatic rings. The minimum atomic E-state index is -1.04. The monoisotopic (exact) mass is 292 g/mol. The molecule has 0 unspecified atom stereocenters. The molecule has 0 amide bonds. The van der Waals surface area contributed by atoms with Crippen molar-refractivity contribution in [2.75, 3.05) is 6.61 Å². The summed E-state index contributed by atoms with van der Waals surface area (Å²) in [6, 6.07) is 9.41. The van der Waals surface area contributed by atoms with Gasteiger partial charge in [-0.3, -0.25) is 0 Å². The maximum atomic E-state index is 12.9. The van der Waals surface area contributed by atoms with Crippen LogP contribution in [0.1, 0.15) is 0 Å². The van der Waals surface area contributed by atoms with Crippen LogP contribution in [0.25, 0.3) is 11.3 Å². The summed E-state index contributed by atoms with van der Waals surface area (Å²) >= 11 is 0. The van der Waals surface area contributed by atoms with Crippen molar-refractivity contribution < 1.29 is 9.13 Å². The molecule has 0 spiro atoms. The van der Waals surface area contributed by atoms with Crippen LogP contribution in [0.2, 0.25) is 25.7 Å². The van der Waals surface area contributed by atoms with Crippen molar-refractivity contribution in [2.45, 2.75) is 32.4 Å². The van der Waals surface area contributed by atoms with Gasteiger partial charge in [-0.1, -0.05) is 19.6 Å². The molecule has 0 saturated heterocycles. The maximum Gasteiger partial charge on any atom is 0.139 e. The van der Waals surface area contributed by atoms with E-state index in [2.05, 4.69) is 24.7 Å². The van der Waals surface area contributed by atoms with Gasteiger partial charge in [0.25, 0.3) is 0 Å². The highest BCUT2D eigenvalue weighted by atomic mass is 28.3. The summed E-state index contributed by atoms with van der Waals surface area (Å²) in [5, 5.41) is 4.42. The van der Waals surface area contributed by atoms with Gasteiger partial charge in [0.2, 0.25) is 0 Å². The lowest BCUT2D eigenvalue weighted by Crippen LogP contribution is -2.22. The third kappa shape index (κ3) is 4.58. The van der Waals surface area contributed by atoms with Crippen LogP contribution < -0.4 is 0 Å². The zero-order valence-corrected chi connectivity index (χ0v) is 13.3. The van der Waals surface area contributed by atoms with E-state index >= 15 is 0 Å². The van der Waals surface area contributed by atoms with Crippen molar-refractivity contribution in [2.24, 2.45) is 0 Å². The number of benzene rings is 1. The van der Waals surface area contributed by atoms with E-state index in [1.807, 2.05) is 12.3 Å². The fourth-order valence-electron chi connectivity index (χ4n) is 1.74. The summed E-state index contributed by atoms with van der Waals surface area (Å²) in [7, 11) is -1.04. The Morgan fingerprint density at radius 2 is 1.85 bits per heavy atom. The molecule has 3 nitrogen and oxygen atoms in total. The molecule has 1 aromatic heterocycles. The summed E-state index contributed by atoms with van der Waals surface area (Å²) in [5.74, 6) is -0.233. The van der Waals surface area contributed by atoms with Crippen LogP contribution in [0.15, 0.2) is 36.5 Å². The van der Waals surface area contributed by atoms with Crippen LogP contribution in [-0.2, 0) is 11.5 Å². The van der Waals surface area contributed by atoms with E-state index in [0.717, 1.165) is 23.9 Å². The van der Waals surface area contributed by atoms with Crippen LogP contribution in [0, 0.1) is 5.82 Å². The van der Waals surface area contributed by atoms with E-state index in [4.69, 9.17) is 4.74 Å². The van der Waals surface area contributed by atoms with Crippen LogP contribution in [0.3, 0.4) is 0 Å². The number of nitrogens with zero attached hydrogens (tertiary/aromatic N) is 2. The second-order valence-electron chi connectivity index (χ2n) is 6.10. The summed E-state index contributed by atoms with van der Waals surface area (Å²) in [6.45, 7) is 8.23. The van der Waals surface area contributed by atoms with Gasteiger partial charge in [-0.2, -0.15) is 5.10 Å². The van der Waals surface area contributed by atoms with Crippen molar-refractivity contribution in [3.63, 3.8) is 0 Å². The smallest absolute Gasteiger partial charge is 0.139 e. The fraction of sp³-hybridized carbons (Fsp3) is 0.400. The minimum Gasteiger partial charge on any atom is -0.360 e. The highest BCUT2D eigenvalue weighted by molar-refractivity contribution is 6.76. The zero-order valence-electron chi connectivity index (χ0n) is 12.3. The Hall–Kier alpha value is -1.46. The van der Waals surface area contributed by atoms with Gasteiger partial charge in [0.1, 0.15) is 12.5 Å². The predicted octanol–water partition coefficient (Wildman–Crippen LogP) is 4.00. The fourth-order valence-corrected chi connectivity index (χ4v) is 2.50. The Labute approximate surface area is 120 Å². The maximum absolute atomic E-state index is 12.9. The molecular formula is C15H21FN2OSi. The van der Waals surface area contributed by atoms with Gasteiger partial charge in [0, 0.05) is 26.4 Å². The van der Waals surface area contributed by atoms with Gasteiger partial charge < -0.3 is 4.74 Å². The molecule has 0 N–H and O–H groups in total. The number of hydrogen-bond acceptors (Lipinski definition) is 2. The SMILES string of the molecule is C[Si](C)(C)CCOCn1ccc(-c2ccc(F)cc2)n1. The van der Waals surface area contributed by atoms with E-state index in [0.29, 0.717) is 6.73 Å². The van der Waals surface area contributed by atoms with Gasteiger partial charge in [0.15, 0.2) is 0 Å². The Kier molecular flexibility index (Phi) is 4.72. The lowest BCUT2D eigenvalue weighted by molar-refractivity contribution is 0.0787. The second kappa shape index (κ2) is 6.32. The first kappa shape index (κ1) is 14.9. The van der Waals surface area contributed by atoms with Gasteiger partial charge in [-0.05, 0) is 36.4 Å². The molecule has 2 rings (SSSR count). The average Bonchev–Trinajstić information content (AvgIpc) is 2.83. The van der Waals surface area contributed by atoms with Crippen LogP contribution in [0.5, 0.6) is 0 Å². The molecule has 1 heterocycles. The standard InChI is InChI=1S/C15H21FN2OSi/c1-20(2,3)11-10-19-12-18-9-8-15(17-18)13-4-6-14(16)7-5-13/h4-9H,10-12H2,1-3H3. The molecule has 0 aliphatic carbocycles. The van der Waals surface area contributed by atoms with Gasteiger partial charge >= 0.3 is 0 Å². The normalized spacial score (nSPS) is 11.8. The third-order valence-corrected chi connectivity index (χ3v) is 4.70. The quantitative estimate of drug-likeness (QED) is 0.594. The molecule has 0 radical (unpaired) electrons. The van der Waals surface area contributed by atoms with Crippen LogP contribution in [-0.4, -0.2) is 24.5 Å². The molecule has 0 fully saturated rings. The molecule has 1 aromatic carbocycles.